The highest BCUT2D eigenvalue weighted by Gasteiger charge is 2.08. The first-order valence-electron chi connectivity index (χ1n) is 5.05. The van der Waals surface area contributed by atoms with Gasteiger partial charge >= 0.3 is 6.09 Å². The van der Waals surface area contributed by atoms with E-state index in [4.69, 9.17) is 4.74 Å². The summed E-state index contributed by atoms with van der Waals surface area (Å²) in [5.41, 5.74) is 0.517. The van der Waals surface area contributed by atoms with Crippen molar-refractivity contribution in [1.29, 1.82) is 0 Å². The predicted octanol–water partition coefficient (Wildman–Crippen LogP) is 1.98. The molecule has 0 aliphatic carbocycles. The van der Waals surface area contributed by atoms with Crippen LogP contribution >= 0.6 is 0 Å². The Kier molecular flexibility index (Phi) is 3.33. The average molecular weight is 247 g/mol. The van der Waals surface area contributed by atoms with Crippen LogP contribution in [0.25, 0.3) is 0 Å². The Bertz CT molecular complexity index is 565. The van der Waals surface area contributed by atoms with Gasteiger partial charge in [0.1, 0.15) is 12.9 Å². The molecule has 0 aliphatic rings. The van der Waals surface area contributed by atoms with Crippen LogP contribution in [-0.2, 0) is 11.3 Å². The molecular formula is C11H9N3O4. The Morgan fingerprint density at radius 3 is 3.00 bits per heavy atom. The molecule has 18 heavy (non-hydrogen) atoms. The van der Waals surface area contributed by atoms with Crippen molar-refractivity contribution in [3.05, 3.63) is 58.7 Å². The number of benzene rings is 1. The van der Waals surface area contributed by atoms with Gasteiger partial charge < -0.3 is 4.74 Å². The van der Waals surface area contributed by atoms with E-state index in [-0.39, 0.29) is 12.3 Å². The first-order valence-corrected chi connectivity index (χ1v) is 5.05. The number of aromatic nitrogens is 2. The molecule has 92 valence electrons. The Morgan fingerprint density at radius 1 is 1.50 bits per heavy atom. The summed E-state index contributed by atoms with van der Waals surface area (Å²) < 4.78 is 6.15. The second-order valence-corrected chi connectivity index (χ2v) is 3.45. The second kappa shape index (κ2) is 5.09. The Balaban J connectivity index is 2.00. The van der Waals surface area contributed by atoms with Crippen molar-refractivity contribution in [2.24, 2.45) is 0 Å². The number of nitrogens with zero attached hydrogens (tertiary/aromatic N) is 3. The van der Waals surface area contributed by atoms with E-state index in [0.29, 0.717) is 5.56 Å². The van der Waals surface area contributed by atoms with Crippen molar-refractivity contribution < 1.29 is 14.5 Å². The number of rotatable bonds is 3. The minimum absolute atomic E-state index is 0.0291. The fourth-order valence-corrected chi connectivity index (χ4v) is 1.35. The smallest absolute Gasteiger partial charge is 0.419 e. The molecule has 0 amide bonds. The van der Waals surface area contributed by atoms with Gasteiger partial charge in [0.15, 0.2) is 0 Å². The Hall–Kier alpha value is -2.70. The highest BCUT2D eigenvalue weighted by atomic mass is 16.6. The van der Waals surface area contributed by atoms with Crippen LogP contribution in [0.5, 0.6) is 0 Å². The molecule has 0 aliphatic heterocycles. The van der Waals surface area contributed by atoms with Crippen LogP contribution in [0.4, 0.5) is 10.5 Å². The maximum absolute atomic E-state index is 11.5. The van der Waals surface area contributed by atoms with Crippen molar-refractivity contribution in [3.8, 4) is 0 Å². The van der Waals surface area contributed by atoms with Gasteiger partial charge in [-0.3, -0.25) is 10.1 Å². The van der Waals surface area contributed by atoms with Crippen molar-refractivity contribution in [3.63, 3.8) is 0 Å². The number of hydrogen-bond acceptors (Lipinski definition) is 5. The summed E-state index contributed by atoms with van der Waals surface area (Å²) in [5, 5.41) is 10.6. The van der Waals surface area contributed by atoms with Gasteiger partial charge in [0.05, 0.1) is 4.92 Å². The lowest BCUT2D eigenvalue weighted by Crippen LogP contribution is -2.11. The van der Waals surface area contributed by atoms with Gasteiger partial charge in [0.25, 0.3) is 5.69 Å². The molecule has 2 aromatic rings. The van der Waals surface area contributed by atoms with E-state index in [0.717, 1.165) is 0 Å². The largest absolute Gasteiger partial charge is 0.444 e. The van der Waals surface area contributed by atoms with Crippen LogP contribution < -0.4 is 0 Å². The molecule has 0 unspecified atom stereocenters. The third-order valence-electron chi connectivity index (χ3n) is 2.20. The summed E-state index contributed by atoms with van der Waals surface area (Å²) in [5.74, 6) is 0. The summed E-state index contributed by atoms with van der Waals surface area (Å²) in [7, 11) is 0. The van der Waals surface area contributed by atoms with Gasteiger partial charge in [-0.05, 0) is 5.56 Å². The van der Waals surface area contributed by atoms with Crippen molar-refractivity contribution in [2.75, 3.05) is 0 Å². The number of carbonyl (C=O) groups is 1. The van der Waals surface area contributed by atoms with Gasteiger partial charge in [0.2, 0.25) is 0 Å². The fourth-order valence-electron chi connectivity index (χ4n) is 1.35. The van der Waals surface area contributed by atoms with Gasteiger partial charge in [-0.2, -0.15) is 0 Å². The summed E-state index contributed by atoms with van der Waals surface area (Å²) in [6.45, 7) is -0.0291. The average Bonchev–Trinajstić information content (AvgIpc) is 2.90. The van der Waals surface area contributed by atoms with Crippen molar-refractivity contribution in [1.82, 2.24) is 9.55 Å². The lowest BCUT2D eigenvalue weighted by Gasteiger charge is -2.04. The molecule has 2 rings (SSSR count). The highest BCUT2D eigenvalue weighted by Crippen LogP contribution is 2.13. The molecule has 0 spiro atoms. The number of hydrogen-bond donors (Lipinski definition) is 0. The van der Waals surface area contributed by atoms with E-state index in [1.54, 1.807) is 12.1 Å². The molecule has 1 aromatic carbocycles. The number of ether oxygens (including phenoxy) is 1. The van der Waals surface area contributed by atoms with E-state index in [9.17, 15) is 14.9 Å². The number of nitro benzene ring substituents is 1. The molecule has 0 saturated carbocycles. The monoisotopic (exact) mass is 247 g/mol. The van der Waals surface area contributed by atoms with Crippen LogP contribution in [0.1, 0.15) is 5.56 Å². The van der Waals surface area contributed by atoms with Gasteiger partial charge in [-0.25, -0.2) is 14.3 Å². The molecule has 0 bridgehead atoms. The summed E-state index contributed by atoms with van der Waals surface area (Å²) >= 11 is 0. The molecule has 1 aromatic heterocycles. The maximum Gasteiger partial charge on any atom is 0.419 e. The van der Waals surface area contributed by atoms with E-state index < -0.39 is 11.0 Å². The third kappa shape index (κ3) is 2.70. The van der Waals surface area contributed by atoms with Crippen molar-refractivity contribution >= 4 is 11.8 Å². The predicted molar refractivity (Wildman–Crippen MR) is 60.9 cm³/mol. The second-order valence-electron chi connectivity index (χ2n) is 3.45. The maximum atomic E-state index is 11.5. The van der Waals surface area contributed by atoms with Crippen LogP contribution in [0.15, 0.2) is 43.0 Å². The molecule has 0 fully saturated rings. The van der Waals surface area contributed by atoms with Crippen LogP contribution in [-0.4, -0.2) is 20.6 Å². The van der Waals surface area contributed by atoms with E-state index in [1.807, 2.05) is 0 Å². The highest BCUT2D eigenvalue weighted by molar-refractivity contribution is 5.69. The van der Waals surface area contributed by atoms with Crippen molar-refractivity contribution in [2.45, 2.75) is 6.61 Å². The molecular weight excluding hydrogens is 238 g/mol. The number of imidazole rings is 1. The van der Waals surface area contributed by atoms with E-state index in [2.05, 4.69) is 4.98 Å². The minimum atomic E-state index is -0.584. The topological polar surface area (TPSA) is 87.3 Å². The van der Waals surface area contributed by atoms with E-state index in [1.165, 1.54) is 35.4 Å². The third-order valence-corrected chi connectivity index (χ3v) is 2.20. The number of non-ortho nitro benzene ring substituents is 1. The van der Waals surface area contributed by atoms with Gasteiger partial charge in [-0.1, -0.05) is 12.1 Å². The molecule has 7 heteroatoms. The first kappa shape index (κ1) is 11.8. The summed E-state index contributed by atoms with van der Waals surface area (Å²) in [6, 6.07) is 5.93. The summed E-state index contributed by atoms with van der Waals surface area (Å²) in [4.78, 5) is 25.2. The fraction of sp³-hybridized carbons (Fsp3) is 0.0909. The lowest BCUT2D eigenvalue weighted by atomic mass is 10.2. The van der Waals surface area contributed by atoms with Crippen LogP contribution in [0.3, 0.4) is 0 Å². The molecule has 1 heterocycles. The summed E-state index contributed by atoms with van der Waals surface area (Å²) in [6.07, 6.45) is 3.64. The normalized spacial score (nSPS) is 10.0. The van der Waals surface area contributed by atoms with E-state index >= 15 is 0 Å². The zero-order chi connectivity index (χ0) is 13.0. The Labute approximate surface area is 102 Å². The number of nitro groups is 1. The number of carbonyl (C=O) groups excluding carboxylic acids is 1. The molecule has 7 nitrogen and oxygen atoms in total. The molecule has 0 N–H and O–H groups in total. The van der Waals surface area contributed by atoms with Crippen LogP contribution in [0, 0.1) is 10.1 Å². The molecule has 0 saturated heterocycles. The standard InChI is InChI=1S/C11H9N3O4/c15-11(13-5-4-12-8-13)18-7-9-2-1-3-10(6-9)14(16)17/h1-6,8H,7H2. The zero-order valence-electron chi connectivity index (χ0n) is 9.22. The van der Waals surface area contributed by atoms with Gasteiger partial charge in [-0.15, -0.1) is 0 Å². The van der Waals surface area contributed by atoms with Gasteiger partial charge in [0, 0.05) is 24.5 Å². The lowest BCUT2D eigenvalue weighted by molar-refractivity contribution is -0.384. The SMILES string of the molecule is O=C(OCc1cccc([N+](=O)[O-])c1)n1ccnc1. The Morgan fingerprint density at radius 2 is 2.33 bits per heavy atom. The minimum Gasteiger partial charge on any atom is -0.444 e. The quantitative estimate of drug-likeness (QED) is 0.611. The molecule has 0 atom stereocenters. The first-order chi connectivity index (χ1) is 8.66. The molecule has 0 radical (unpaired) electrons. The zero-order valence-corrected chi connectivity index (χ0v) is 9.22. The van der Waals surface area contributed by atoms with Crippen LogP contribution in [0.2, 0.25) is 0 Å².